The number of para-hydroxylation sites is 2. The summed E-state index contributed by atoms with van der Waals surface area (Å²) in [7, 11) is 0. The summed E-state index contributed by atoms with van der Waals surface area (Å²) >= 11 is 0. The van der Waals surface area contributed by atoms with Crippen LogP contribution in [0.5, 0.6) is 5.75 Å². The van der Waals surface area contributed by atoms with Gasteiger partial charge in [-0.05, 0) is 111 Å². The molecule has 4 nitrogen and oxygen atoms in total. The molecule has 0 saturated carbocycles. The number of aryl methyl sites for hydroxylation is 1. The first-order valence-corrected chi connectivity index (χ1v) is 21.6. The van der Waals surface area contributed by atoms with Gasteiger partial charge in [0.1, 0.15) is 11.6 Å². The number of hydrogen-bond acceptors (Lipinski definition) is 3. The number of hydrogen-bond donors (Lipinski definition) is 1. The minimum atomic E-state index is -2.53. The minimum absolute atomic E-state index is 0. The maximum atomic E-state index is 11.4. The van der Waals surface area contributed by atoms with E-state index in [1.807, 2.05) is 91.3 Å². The summed E-state index contributed by atoms with van der Waals surface area (Å²) < 4.78 is 37.5. The number of phenolic OH excluding ortho intramolecular Hbond substituents is 1. The van der Waals surface area contributed by atoms with Gasteiger partial charge in [0.2, 0.25) is 0 Å². The van der Waals surface area contributed by atoms with Crippen LogP contribution in [-0.4, -0.2) is 19.6 Å². The summed E-state index contributed by atoms with van der Waals surface area (Å²) in [6.45, 7) is 12.0. The standard InChI is InChI=1S/C59H54N3O.Pt/c1-37(2)45-30-46(38(3)4)32-47(31-45)43-25-26-54(39(5)29-43)62-55-19-14-18-51(57(55)61-58(62)52-17-12-13-20-56(52)63)48-33-49(35-50(34-48)59(6,7)8)53-36-44(27-28-60-53)42-23-21-41(22-24-42)40-15-10-9-11-16-40;/h9-32,34-38,63H,1-8H3;/q-1;/i5D3,37D;. The number of aromatic nitrogens is 3. The molecule has 0 saturated heterocycles. The Hall–Kier alpha value is -6.35. The Morgan fingerprint density at radius 3 is 1.97 bits per heavy atom. The van der Waals surface area contributed by atoms with E-state index in [0.29, 0.717) is 28.1 Å². The molecule has 0 atom stereocenters. The molecule has 0 aliphatic rings. The van der Waals surface area contributed by atoms with Crippen LogP contribution in [0.25, 0.3) is 83.9 Å². The van der Waals surface area contributed by atoms with Gasteiger partial charge < -0.3 is 5.11 Å². The third-order valence-corrected chi connectivity index (χ3v) is 12.0. The predicted octanol–water partition coefficient (Wildman–Crippen LogP) is 15.8. The second-order valence-electron chi connectivity index (χ2n) is 18.0. The molecule has 0 aliphatic heterocycles. The Bertz CT molecular complexity index is 3290. The predicted molar refractivity (Wildman–Crippen MR) is 264 cm³/mol. The van der Waals surface area contributed by atoms with Gasteiger partial charge >= 0.3 is 0 Å². The zero-order chi connectivity index (χ0) is 47.4. The van der Waals surface area contributed by atoms with E-state index in [0.717, 1.165) is 66.9 Å². The number of imidazole rings is 1. The zero-order valence-corrected chi connectivity index (χ0v) is 39.5. The van der Waals surface area contributed by atoms with Gasteiger partial charge in [-0.25, -0.2) is 4.98 Å². The first kappa shape index (κ1) is 39.3. The van der Waals surface area contributed by atoms with Crippen molar-refractivity contribution in [3.05, 3.63) is 192 Å². The summed E-state index contributed by atoms with van der Waals surface area (Å²) in [6, 6.07) is 55.8. The molecule has 0 spiro atoms. The van der Waals surface area contributed by atoms with Gasteiger partial charge in [-0.3, -0.25) is 9.55 Å². The molecule has 0 amide bonds. The summed E-state index contributed by atoms with van der Waals surface area (Å²) in [4.78, 5) is 10.2. The Kier molecular flexibility index (Phi) is 11.1. The van der Waals surface area contributed by atoms with Crippen LogP contribution < -0.4 is 0 Å². The second-order valence-corrected chi connectivity index (χ2v) is 18.0. The van der Waals surface area contributed by atoms with E-state index in [9.17, 15) is 5.11 Å². The van der Waals surface area contributed by atoms with Gasteiger partial charge in [0, 0.05) is 38.4 Å². The molecule has 9 rings (SSSR count). The molecule has 2 heterocycles. The van der Waals surface area contributed by atoms with Crippen molar-refractivity contribution in [1.82, 2.24) is 14.5 Å². The van der Waals surface area contributed by atoms with E-state index in [1.54, 1.807) is 24.3 Å². The SMILES string of the molecule is [2H]C([2H])([2H])c1cc(-c2cc(C(C)C)cc(C([2H])(C)C)c2)ccc1-n1c(-c2ccccc2O)nc2c(-c3[c-]c(-c4cc(-c5ccc(-c6ccccc6)cc5)ccn4)cc(C(C)(C)C)c3)cccc21.[Pt]. The van der Waals surface area contributed by atoms with Crippen molar-refractivity contribution in [2.24, 2.45) is 0 Å². The topological polar surface area (TPSA) is 50.9 Å². The van der Waals surface area contributed by atoms with Gasteiger partial charge in [0.05, 0.1) is 22.3 Å². The maximum Gasteiger partial charge on any atom is 0.148 e. The van der Waals surface area contributed by atoms with E-state index in [2.05, 4.69) is 107 Å². The van der Waals surface area contributed by atoms with Crippen LogP contribution >= 0.6 is 0 Å². The summed E-state index contributed by atoms with van der Waals surface area (Å²) in [5.41, 5.74) is 14.4. The number of rotatable bonds is 9. The molecule has 1 N–H and O–H groups in total. The van der Waals surface area contributed by atoms with Crippen molar-refractivity contribution in [1.29, 1.82) is 0 Å². The van der Waals surface area contributed by atoms with Crippen LogP contribution in [0.3, 0.4) is 0 Å². The number of phenols is 1. The van der Waals surface area contributed by atoms with E-state index in [1.165, 1.54) is 5.56 Å². The van der Waals surface area contributed by atoms with E-state index < -0.39 is 12.7 Å². The van der Waals surface area contributed by atoms with Crippen molar-refractivity contribution in [3.63, 3.8) is 0 Å². The van der Waals surface area contributed by atoms with Crippen molar-refractivity contribution in [2.75, 3.05) is 0 Å². The second kappa shape index (κ2) is 18.0. The van der Waals surface area contributed by atoms with Gasteiger partial charge in [-0.2, -0.15) is 0 Å². The smallest absolute Gasteiger partial charge is 0.148 e. The van der Waals surface area contributed by atoms with E-state index in [-0.39, 0.29) is 43.7 Å². The quantitative estimate of drug-likeness (QED) is 0.147. The molecule has 0 unspecified atom stereocenters. The number of nitrogens with zero attached hydrogens (tertiary/aromatic N) is 3. The van der Waals surface area contributed by atoms with Gasteiger partial charge in [-0.1, -0.05) is 169 Å². The third-order valence-electron chi connectivity index (χ3n) is 12.0. The monoisotopic (exact) mass is 1020 g/mol. The molecule has 0 aliphatic carbocycles. The summed E-state index contributed by atoms with van der Waals surface area (Å²) in [6.07, 6.45) is 1.85. The summed E-state index contributed by atoms with van der Waals surface area (Å²) in [5, 5.41) is 11.4. The van der Waals surface area contributed by atoms with Gasteiger partial charge in [-0.15, -0.1) is 29.3 Å². The molecule has 0 bridgehead atoms. The maximum absolute atomic E-state index is 11.4. The average molecular weight is 1020 g/mol. The van der Waals surface area contributed by atoms with Crippen LogP contribution in [0.15, 0.2) is 164 Å². The largest absolute Gasteiger partial charge is 0.507 e. The molecule has 322 valence electrons. The Morgan fingerprint density at radius 2 is 1.27 bits per heavy atom. The van der Waals surface area contributed by atoms with Crippen molar-refractivity contribution in [3.8, 4) is 78.6 Å². The van der Waals surface area contributed by atoms with Crippen LogP contribution in [0.4, 0.5) is 0 Å². The average Bonchev–Trinajstić information content (AvgIpc) is 3.70. The molecular formula is C59H54N3OPt-. The van der Waals surface area contributed by atoms with E-state index >= 15 is 0 Å². The van der Waals surface area contributed by atoms with Crippen LogP contribution in [0.1, 0.15) is 88.0 Å². The third kappa shape index (κ3) is 8.77. The van der Waals surface area contributed by atoms with Crippen LogP contribution in [-0.2, 0) is 26.5 Å². The fourth-order valence-corrected chi connectivity index (χ4v) is 8.28. The zero-order valence-electron chi connectivity index (χ0n) is 41.3. The van der Waals surface area contributed by atoms with E-state index in [4.69, 9.17) is 15.5 Å². The van der Waals surface area contributed by atoms with Crippen molar-refractivity contribution >= 4 is 11.0 Å². The molecule has 5 heteroatoms. The molecule has 0 fully saturated rings. The van der Waals surface area contributed by atoms with Crippen LogP contribution in [0.2, 0.25) is 0 Å². The van der Waals surface area contributed by atoms with Crippen LogP contribution in [0, 0.1) is 12.9 Å². The van der Waals surface area contributed by atoms with Gasteiger partial charge in [0.15, 0.2) is 0 Å². The Balaban J connectivity index is 0.00000625. The van der Waals surface area contributed by atoms with Crippen molar-refractivity contribution in [2.45, 2.75) is 72.5 Å². The van der Waals surface area contributed by atoms with Crippen molar-refractivity contribution < 1.29 is 31.7 Å². The number of aromatic hydroxyl groups is 1. The minimum Gasteiger partial charge on any atom is -0.507 e. The molecule has 64 heavy (non-hydrogen) atoms. The summed E-state index contributed by atoms with van der Waals surface area (Å²) in [5.74, 6) is -0.225. The molecule has 9 aromatic rings. The fourth-order valence-electron chi connectivity index (χ4n) is 8.28. The Morgan fingerprint density at radius 1 is 0.625 bits per heavy atom. The van der Waals surface area contributed by atoms with Gasteiger partial charge in [0.25, 0.3) is 0 Å². The molecule has 2 aromatic heterocycles. The number of fused-ring (bicyclic) bond motifs is 1. The normalized spacial score (nSPS) is 12.9. The number of pyridine rings is 1. The number of benzene rings is 7. The first-order valence-electron chi connectivity index (χ1n) is 23.6. The fraction of sp³-hybridized carbons (Fsp3) is 0.186. The molecule has 7 aromatic carbocycles. The molecular weight excluding hydrogens is 962 g/mol. The molecule has 0 radical (unpaired) electrons. The Labute approximate surface area is 398 Å². The first-order chi connectivity index (χ1) is 31.8.